The van der Waals surface area contributed by atoms with Gasteiger partial charge in [-0.15, -0.1) is 0 Å². The van der Waals surface area contributed by atoms with E-state index in [1.54, 1.807) is 0 Å². The maximum Gasteiger partial charge on any atom is 0.407 e. The second-order valence-corrected chi connectivity index (χ2v) is 3.04. The van der Waals surface area contributed by atoms with Crippen molar-refractivity contribution in [1.29, 1.82) is 0 Å². The van der Waals surface area contributed by atoms with Crippen LogP contribution in [0.15, 0.2) is 12.1 Å². The fourth-order valence-corrected chi connectivity index (χ4v) is 1.14. The van der Waals surface area contributed by atoms with E-state index in [0.29, 0.717) is 12.1 Å². The third-order valence-electron chi connectivity index (χ3n) is 1.94. The van der Waals surface area contributed by atoms with Gasteiger partial charge in [0, 0.05) is 0 Å². The number of rotatable bonds is 2. The Morgan fingerprint density at radius 2 is 1.62 bits per heavy atom. The SMILES string of the molecule is COc1c(F)cc([C@H](N)C(F)(F)F)cc1F. The van der Waals surface area contributed by atoms with Gasteiger partial charge in [0.1, 0.15) is 6.04 Å². The number of ether oxygens (including phenoxy) is 1. The smallest absolute Gasteiger partial charge is 0.407 e. The van der Waals surface area contributed by atoms with E-state index in [1.165, 1.54) is 0 Å². The molecule has 1 aromatic carbocycles. The highest BCUT2D eigenvalue weighted by molar-refractivity contribution is 5.33. The highest BCUT2D eigenvalue weighted by atomic mass is 19.4. The van der Waals surface area contributed by atoms with Crippen molar-refractivity contribution in [2.75, 3.05) is 7.11 Å². The van der Waals surface area contributed by atoms with Gasteiger partial charge in [-0.05, 0) is 17.7 Å². The van der Waals surface area contributed by atoms with Crippen LogP contribution in [-0.2, 0) is 0 Å². The minimum absolute atomic E-state index is 0.500. The summed E-state index contributed by atoms with van der Waals surface area (Å²) in [6, 6.07) is -1.43. The molecule has 0 radical (unpaired) electrons. The number of benzene rings is 1. The summed E-state index contributed by atoms with van der Waals surface area (Å²) in [6.45, 7) is 0. The normalized spacial score (nSPS) is 13.7. The van der Waals surface area contributed by atoms with Crippen LogP contribution in [-0.4, -0.2) is 13.3 Å². The van der Waals surface area contributed by atoms with E-state index in [4.69, 9.17) is 5.73 Å². The number of alkyl halides is 3. The average Bonchev–Trinajstić information content (AvgIpc) is 2.14. The minimum Gasteiger partial charge on any atom is -0.491 e. The first-order valence-corrected chi connectivity index (χ1v) is 4.12. The van der Waals surface area contributed by atoms with Gasteiger partial charge in [0.15, 0.2) is 17.4 Å². The fourth-order valence-electron chi connectivity index (χ4n) is 1.14. The molecule has 2 N–H and O–H groups in total. The summed E-state index contributed by atoms with van der Waals surface area (Å²) in [5.74, 6) is -3.19. The van der Waals surface area contributed by atoms with Crippen molar-refractivity contribution in [2.24, 2.45) is 5.73 Å². The highest BCUT2D eigenvalue weighted by Gasteiger charge is 2.38. The van der Waals surface area contributed by atoms with Gasteiger partial charge in [-0.25, -0.2) is 8.78 Å². The van der Waals surface area contributed by atoms with Crippen LogP contribution < -0.4 is 10.5 Å². The molecule has 1 atom stereocenters. The van der Waals surface area contributed by atoms with Crippen LogP contribution in [0.1, 0.15) is 11.6 Å². The molecule has 0 saturated heterocycles. The lowest BCUT2D eigenvalue weighted by molar-refractivity contribution is -0.149. The zero-order chi connectivity index (χ0) is 12.5. The zero-order valence-corrected chi connectivity index (χ0v) is 8.11. The molecular formula is C9H8F5NO. The standard InChI is InChI=1S/C9H8F5NO/c1-16-7-5(10)2-4(3-6(7)11)8(15)9(12,13)14/h2-3,8H,15H2,1H3/t8-/m0/s1. The Morgan fingerprint density at radius 3 is 1.94 bits per heavy atom. The molecule has 0 aliphatic heterocycles. The number of halogens is 5. The van der Waals surface area contributed by atoms with E-state index in [1.807, 2.05) is 0 Å². The van der Waals surface area contributed by atoms with Gasteiger partial charge in [-0.3, -0.25) is 0 Å². The molecule has 0 bridgehead atoms. The van der Waals surface area contributed by atoms with E-state index in [9.17, 15) is 22.0 Å². The molecule has 0 fully saturated rings. The van der Waals surface area contributed by atoms with Crippen LogP contribution in [0.2, 0.25) is 0 Å². The first-order valence-electron chi connectivity index (χ1n) is 4.12. The number of methoxy groups -OCH3 is 1. The maximum absolute atomic E-state index is 13.1. The van der Waals surface area contributed by atoms with Crippen molar-refractivity contribution in [3.63, 3.8) is 0 Å². The first kappa shape index (κ1) is 12.7. The molecule has 0 aromatic heterocycles. The van der Waals surface area contributed by atoms with Crippen molar-refractivity contribution >= 4 is 0 Å². The van der Waals surface area contributed by atoms with Gasteiger partial charge in [-0.1, -0.05) is 0 Å². The summed E-state index contributed by atoms with van der Waals surface area (Å²) in [7, 11) is 1.00. The Morgan fingerprint density at radius 1 is 1.19 bits per heavy atom. The van der Waals surface area contributed by atoms with Gasteiger partial charge in [0.2, 0.25) is 0 Å². The van der Waals surface area contributed by atoms with Crippen LogP contribution in [0.25, 0.3) is 0 Å². The Kier molecular flexibility index (Phi) is 3.37. The van der Waals surface area contributed by atoms with Crippen molar-refractivity contribution < 1.29 is 26.7 Å². The van der Waals surface area contributed by atoms with Gasteiger partial charge in [0.05, 0.1) is 7.11 Å². The zero-order valence-electron chi connectivity index (χ0n) is 8.11. The van der Waals surface area contributed by atoms with Crippen LogP contribution in [0.3, 0.4) is 0 Å². The minimum atomic E-state index is -4.76. The van der Waals surface area contributed by atoms with Crippen LogP contribution in [0, 0.1) is 11.6 Å². The van der Waals surface area contributed by atoms with Gasteiger partial charge in [0.25, 0.3) is 0 Å². The molecule has 2 nitrogen and oxygen atoms in total. The van der Waals surface area contributed by atoms with Crippen LogP contribution in [0.4, 0.5) is 22.0 Å². The second kappa shape index (κ2) is 4.25. The maximum atomic E-state index is 13.1. The van der Waals surface area contributed by atoms with E-state index in [-0.39, 0.29) is 0 Å². The summed E-state index contributed by atoms with van der Waals surface area (Å²) >= 11 is 0. The molecule has 7 heteroatoms. The third kappa shape index (κ3) is 2.41. The van der Waals surface area contributed by atoms with Crippen LogP contribution >= 0.6 is 0 Å². The Hall–Kier alpha value is -1.37. The average molecular weight is 241 g/mol. The molecule has 1 aromatic rings. The van der Waals surface area contributed by atoms with Gasteiger partial charge < -0.3 is 10.5 Å². The molecular weight excluding hydrogens is 233 g/mol. The largest absolute Gasteiger partial charge is 0.491 e. The first-order chi connectivity index (χ1) is 7.27. The van der Waals surface area contributed by atoms with Crippen molar-refractivity contribution in [3.05, 3.63) is 29.3 Å². The molecule has 0 aliphatic rings. The Balaban J connectivity index is 3.19. The summed E-state index contributed by atoms with van der Waals surface area (Å²) in [5, 5.41) is 0. The molecule has 16 heavy (non-hydrogen) atoms. The molecule has 90 valence electrons. The third-order valence-corrected chi connectivity index (χ3v) is 1.94. The van der Waals surface area contributed by atoms with Crippen molar-refractivity contribution in [2.45, 2.75) is 12.2 Å². The monoisotopic (exact) mass is 241 g/mol. The number of nitrogens with two attached hydrogens (primary N) is 1. The summed E-state index contributed by atoms with van der Waals surface area (Å²) in [4.78, 5) is 0. The summed E-state index contributed by atoms with van der Waals surface area (Å²) < 4.78 is 67.0. The molecule has 0 spiro atoms. The highest BCUT2D eigenvalue weighted by Crippen LogP contribution is 2.33. The topological polar surface area (TPSA) is 35.2 Å². The molecule has 0 unspecified atom stereocenters. The van der Waals surface area contributed by atoms with Crippen LogP contribution in [0.5, 0.6) is 5.75 Å². The molecule has 0 saturated carbocycles. The van der Waals surface area contributed by atoms with Gasteiger partial charge >= 0.3 is 6.18 Å². The molecule has 0 amide bonds. The lowest BCUT2D eigenvalue weighted by atomic mass is 10.1. The molecule has 0 aliphatic carbocycles. The Bertz CT molecular complexity index is 367. The van der Waals surface area contributed by atoms with E-state index >= 15 is 0 Å². The number of hydrogen-bond acceptors (Lipinski definition) is 2. The van der Waals surface area contributed by atoms with Crippen molar-refractivity contribution in [1.82, 2.24) is 0 Å². The lowest BCUT2D eigenvalue weighted by Gasteiger charge is -2.16. The molecule has 0 heterocycles. The summed E-state index contributed by atoms with van der Waals surface area (Å²) in [5.41, 5.74) is 4.11. The second-order valence-electron chi connectivity index (χ2n) is 3.04. The van der Waals surface area contributed by atoms with E-state index in [2.05, 4.69) is 4.74 Å². The molecule has 1 rings (SSSR count). The fraction of sp³-hybridized carbons (Fsp3) is 0.333. The lowest BCUT2D eigenvalue weighted by Crippen LogP contribution is -2.28. The Labute approximate surface area is 87.8 Å². The predicted molar refractivity (Wildman–Crippen MR) is 45.9 cm³/mol. The predicted octanol–water partition coefficient (Wildman–Crippen LogP) is 2.54. The quantitative estimate of drug-likeness (QED) is 0.807. The van der Waals surface area contributed by atoms with E-state index in [0.717, 1.165) is 7.11 Å². The van der Waals surface area contributed by atoms with Gasteiger partial charge in [-0.2, -0.15) is 13.2 Å². The number of hydrogen-bond donors (Lipinski definition) is 1. The van der Waals surface area contributed by atoms with Crippen molar-refractivity contribution in [3.8, 4) is 5.75 Å². The van der Waals surface area contributed by atoms with E-state index < -0.39 is 35.2 Å². The summed E-state index contributed by atoms with van der Waals surface area (Å²) in [6.07, 6.45) is -4.76.